The minimum atomic E-state index is -0.0236. The molecule has 0 amide bonds. The molecule has 0 saturated carbocycles. The normalized spacial score (nSPS) is 10.7. The molecule has 0 rings (SSSR count). The number of carbonyl (C=O) groups is 1. The fraction of sp³-hybridized carbons (Fsp3) is 0.875. The molecule has 0 radical (unpaired) electrons. The molecule has 162 valence electrons. The number of hydrogen-bond acceptors (Lipinski definition) is 3. The summed E-state index contributed by atoms with van der Waals surface area (Å²) in [6.07, 6.45) is 23.8. The van der Waals surface area contributed by atoms with Crippen LogP contribution in [0.1, 0.15) is 124 Å². The highest BCUT2D eigenvalue weighted by Gasteiger charge is 2.01. The number of esters is 1. The van der Waals surface area contributed by atoms with Gasteiger partial charge in [-0.15, -0.1) is 0 Å². The van der Waals surface area contributed by atoms with Crippen molar-refractivity contribution in [1.82, 2.24) is 0 Å². The average Bonchev–Trinajstić information content (AvgIpc) is 2.69. The quantitative estimate of drug-likeness (QED) is 0.152. The first-order valence-electron chi connectivity index (χ1n) is 11.6. The maximum atomic E-state index is 11.3. The Morgan fingerprint density at radius 3 is 1.67 bits per heavy atom. The molecule has 0 aliphatic heterocycles. The number of carbonyl (C=O) groups excluding carboxylic acids is 1. The van der Waals surface area contributed by atoms with E-state index in [4.69, 9.17) is 9.84 Å². The van der Waals surface area contributed by atoms with Crippen LogP contribution in [0.4, 0.5) is 0 Å². The van der Waals surface area contributed by atoms with Crippen molar-refractivity contribution in [2.45, 2.75) is 124 Å². The van der Waals surface area contributed by atoms with Crippen LogP contribution >= 0.6 is 0 Å². The summed E-state index contributed by atoms with van der Waals surface area (Å²) in [4.78, 5) is 11.3. The van der Waals surface area contributed by atoms with E-state index in [9.17, 15) is 4.79 Å². The molecule has 3 heteroatoms. The van der Waals surface area contributed by atoms with Gasteiger partial charge in [-0.25, -0.2) is 0 Å². The van der Waals surface area contributed by atoms with Gasteiger partial charge in [0, 0.05) is 13.0 Å². The van der Waals surface area contributed by atoms with E-state index in [1.54, 1.807) is 0 Å². The van der Waals surface area contributed by atoms with Crippen LogP contribution < -0.4 is 0 Å². The van der Waals surface area contributed by atoms with E-state index >= 15 is 0 Å². The van der Waals surface area contributed by atoms with Crippen molar-refractivity contribution >= 4 is 5.97 Å². The van der Waals surface area contributed by atoms with Gasteiger partial charge >= 0.3 is 5.97 Å². The third-order valence-electron chi connectivity index (χ3n) is 4.33. The maximum Gasteiger partial charge on any atom is 0.305 e. The number of aliphatic hydroxyl groups excluding tert-OH is 1. The van der Waals surface area contributed by atoms with Crippen LogP contribution in [0.25, 0.3) is 0 Å². The van der Waals surface area contributed by atoms with Gasteiger partial charge in [-0.1, -0.05) is 84.3 Å². The Balaban J connectivity index is 0. The fourth-order valence-corrected chi connectivity index (χ4v) is 2.63. The zero-order chi connectivity index (χ0) is 20.4. The number of aliphatic hydroxyl groups is 1. The zero-order valence-electron chi connectivity index (χ0n) is 18.6. The molecule has 3 nitrogen and oxygen atoms in total. The monoisotopic (exact) mass is 384 g/mol. The molecule has 0 fully saturated rings. The van der Waals surface area contributed by atoms with E-state index in [0.29, 0.717) is 19.6 Å². The highest BCUT2D eigenvalue weighted by molar-refractivity contribution is 5.69. The Bertz CT molecular complexity index is 298. The summed E-state index contributed by atoms with van der Waals surface area (Å²) in [5, 5.41) is 7.88. The van der Waals surface area contributed by atoms with Crippen molar-refractivity contribution in [3.05, 3.63) is 12.2 Å². The van der Waals surface area contributed by atoms with Crippen LogP contribution in [0.5, 0.6) is 0 Å². The first-order valence-corrected chi connectivity index (χ1v) is 11.6. The third-order valence-corrected chi connectivity index (χ3v) is 4.33. The molecule has 0 atom stereocenters. The van der Waals surface area contributed by atoms with Crippen LogP contribution in [0.2, 0.25) is 0 Å². The summed E-state index contributed by atoms with van der Waals surface area (Å²) >= 11 is 0. The van der Waals surface area contributed by atoms with Gasteiger partial charge in [-0.3, -0.25) is 4.79 Å². The lowest BCUT2D eigenvalue weighted by molar-refractivity contribution is -0.143. The van der Waals surface area contributed by atoms with E-state index in [0.717, 1.165) is 25.7 Å². The van der Waals surface area contributed by atoms with Crippen LogP contribution in [-0.2, 0) is 9.53 Å². The van der Waals surface area contributed by atoms with Crippen molar-refractivity contribution in [3.63, 3.8) is 0 Å². The van der Waals surface area contributed by atoms with Gasteiger partial charge in [-0.2, -0.15) is 0 Å². The minimum absolute atomic E-state index is 0.0236. The van der Waals surface area contributed by atoms with Gasteiger partial charge in [0.25, 0.3) is 0 Å². The molecule has 0 spiro atoms. The van der Waals surface area contributed by atoms with Crippen molar-refractivity contribution in [1.29, 1.82) is 0 Å². The summed E-state index contributed by atoms with van der Waals surface area (Å²) < 4.78 is 5.06. The molecule has 27 heavy (non-hydrogen) atoms. The molecule has 0 aliphatic carbocycles. The Morgan fingerprint density at radius 1 is 0.704 bits per heavy atom. The lowest BCUT2D eigenvalue weighted by Gasteiger charge is -2.03. The molecule has 0 aromatic carbocycles. The Morgan fingerprint density at radius 2 is 1.19 bits per heavy atom. The van der Waals surface area contributed by atoms with E-state index in [-0.39, 0.29) is 5.97 Å². The van der Waals surface area contributed by atoms with Gasteiger partial charge in [0.2, 0.25) is 0 Å². The Kier molecular flexibility index (Phi) is 28.8. The van der Waals surface area contributed by atoms with Gasteiger partial charge in [0.15, 0.2) is 0 Å². The number of rotatable bonds is 18. The topological polar surface area (TPSA) is 46.5 Å². The van der Waals surface area contributed by atoms with Crippen LogP contribution in [-0.4, -0.2) is 24.3 Å². The number of allylic oxidation sites excluding steroid dienone is 2. The average molecular weight is 385 g/mol. The van der Waals surface area contributed by atoms with E-state index in [1.807, 2.05) is 13.8 Å². The second kappa shape index (κ2) is 27.4. The standard InChI is InChI=1S/C21H40O2.C3H8O/c1-3-5-6-7-8-9-10-11-12-13-14-15-16-17-18-19-21(22)23-20-4-2;1-2-3-4/h11-12H,3-10,13-20H2,1-2H3;4H,2-3H2,1H3. The Hall–Kier alpha value is -0.830. The second-order valence-corrected chi connectivity index (χ2v) is 7.28. The molecule has 0 unspecified atom stereocenters. The van der Waals surface area contributed by atoms with Gasteiger partial charge in [-0.05, 0) is 44.9 Å². The summed E-state index contributed by atoms with van der Waals surface area (Å²) in [5.41, 5.74) is 0. The zero-order valence-corrected chi connectivity index (χ0v) is 18.6. The maximum absolute atomic E-state index is 11.3. The highest BCUT2D eigenvalue weighted by atomic mass is 16.5. The molecule has 1 N–H and O–H groups in total. The summed E-state index contributed by atoms with van der Waals surface area (Å²) in [5.74, 6) is -0.0236. The molecular weight excluding hydrogens is 336 g/mol. The molecule has 0 aromatic heterocycles. The smallest absolute Gasteiger partial charge is 0.305 e. The van der Waals surface area contributed by atoms with Crippen molar-refractivity contribution in [2.24, 2.45) is 0 Å². The third kappa shape index (κ3) is 30.2. The summed E-state index contributed by atoms with van der Waals surface area (Å²) in [6.45, 7) is 7.11. The predicted octanol–water partition coefficient (Wildman–Crippen LogP) is 7.37. The number of ether oxygens (including phenoxy) is 1. The summed E-state index contributed by atoms with van der Waals surface area (Å²) in [6, 6.07) is 0. The molecule has 0 bridgehead atoms. The van der Waals surface area contributed by atoms with Crippen molar-refractivity contribution in [3.8, 4) is 0 Å². The predicted molar refractivity (Wildman–Crippen MR) is 118 cm³/mol. The van der Waals surface area contributed by atoms with Crippen LogP contribution in [0, 0.1) is 0 Å². The summed E-state index contributed by atoms with van der Waals surface area (Å²) in [7, 11) is 0. The Labute approximate surface area is 170 Å². The molecule has 0 heterocycles. The molecule has 0 saturated heterocycles. The van der Waals surface area contributed by atoms with Gasteiger partial charge < -0.3 is 9.84 Å². The number of hydrogen-bond donors (Lipinski definition) is 1. The van der Waals surface area contributed by atoms with Gasteiger partial charge in [0.05, 0.1) is 6.61 Å². The minimum Gasteiger partial charge on any atom is -0.466 e. The fourth-order valence-electron chi connectivity index (χ4n) is 2.63. The van der Waals surface area contributed by atoms with Crippen LogP contribution in [0.15, 0.2) is 12.2 Å². The van der Waals surface area contributed by atoms with Gasteiger partial charge in [0.1, 0.15) is 0 Å². The molecular formula is C24H48O3. The lowest BCUT2D eigenvalue weighted by Crippen LogP contribution is -2.04. The molecule has 0 aromatic rings. The van der Waals surface area contributed by atoms with Crippen molar-refractivity contribution in [2.75, 3.05) is 13.2 Å². The highest BCUT2D eigenvalue weighted by Crippen LogP contribution is 2.10. The first kappa shape index (κ1) is 28.4. The largest absolute Gasteiger partial charge is 0.466 e. The lowest BCUT2D eigenvalue weighted by atomic mass is 10.1. The first-order chi connectivity index (χ1) is 13.2. The van der Waals surface area contributed by atoms with Crippen LogP contribution in [0.3, 0.4) is 0 Å². The number of unbranched alkanes of at least 4 members (excludes halogenated alkanes) is 11. The van der Waals surface area contributed by atoms with E-state index < -0.39 is 0 Å². The second-order valence-electron chi connectivity index (χ2n) is 7.28. The van der Waals surface area contributed by atoms with Crippen molar-refractivity contribution < 1.29 is 14.6 Å². The SMILES string of the molecule is CCCCCCCCC=CCCCCCCCC(=O)OCCC.CCCO. The molecule has 0 aliphatic rings. The van der Waals surface area contributed by atoms with E-state index in [2.05, 4.69) is 19.1 Å². The van der Waals surface area contributed by atoms with E-state index in [1.165, 1.54) is 70.6 Å².